The Morgan fingerprint density at radius 3 is 2.74 bits per heavy atom. The summed E-state index contributed by atoms with van der Waals surface area (Å²) in [6.07, 6.45) is 0. The molecule has 0 atom stereocenters. The SMILES string of the molecule is O=S(=O)(c1ccc2[nH]c3nc(SCc4ccccc4Cl)nnc3c2c1)N1CCOCC1. The maximum absolute atomic E-state index is 13.0. The average molecular weight is 476 g/mol. The first kappa shape index (κ1) is 20.7. The molecule has 1 fully saturated rings. The summed E-state index contributed by atoms with van der Waals surface area (Å²) in [5, 5.41) is 10.4. The van der Waals surface area contributed by atoms with E-state index in [4.69, 9.17) is 16.3 Å². The third-order valence-corrected chi connectivity index (χ3v) is 8.24. The number of morpholine rings is 1. The smallest absolute Gasteiger partial charge is 0.243 e. The average Bonchev–Trinajstić information content (AvgIpc) is 3.16. The molecule has 1 saturated heterocycles. The van der Waals surface area contributed by atoms with E-state index in [0.29, 0.717) is 58.8 Å². The number of hydrogen-bond donors (Lipinski definition) is 1. The van der Waals surface area contributed by atoms with Crippen molar-refractivity contribution in [2.45, 2.75) is 15.8 Å². The standard InChI is InChI=1S/C20H18ClN5O3S2/c21-16-4-2-1-3-13(16)12-30-20-23-19-18(24-25-20)15-11-14(5-6-17(15)22-19)31(27,28)26-7-9-29-10-8-26/h1-6,11H,7-10,12H2,(H,22,23,25). The summed E-state index contributed by atoms with van der Waals surface area (Å²) in [5.41, 5.74) is 2.85. The molecule has 160 valence electrons. The van der Waals surface area contributed by atoms with Crippen molar-refractivity contribution in [1.82, 2.24) is 24.5 Å². The van der Waals surface area contributed by atoms with Crippen LogP contribution in [0, 0.1) is 0 Å². The van der Waals surface area contributed by atoms with Crippen molar-refractivity contribution in [2.75, 3.05) is 26.3 Å². The molecular formula is C20H18ClN5O3S2. The molecule has 31 heavy (non-hydrogen) atoms. The Morgan fingerprint density at radius 2 is 1.94 bits per heavy atom. The van der Waals surface area contributed by atoms with Gasteiger partial charge in [0.05, 0.1) is 18.1 Å². The van der Waals surface area contributed by atoms with Gasteiger partial charge in [-0.1, -0.05) is 41.6 Å². The fraction of sp³-hybridized carbons (Fsp3) is 0.250. The molecule has 8 nitrogen and oxygen atoms in total. The van der Waals surface area contributed by atoms with Crippen LogP contribution in [0.5, 0.6) is 0 Å². The van der Waals surface area contributed by atoms with Crippen molar-refractivity contribution in [3.05, 3.63) is 53.1 Å². The van der Waals surface area contributed by atoms with E-state index < -0.39 is 10.0 Å². The second-order valence-corrected chi connectivity index (χ2v) is 10.3. The van der Waals surface area contributed by atoms with Crippen LogP contribution in [0.3, 0.4) is 0 Å². The zero-order valence-corrected chi connectivity index (χ0v) is 18.7. The summed E-state index contributed by atoms with van der Waals surface area (Å²) in [6, 6.07) is 12.6. The lowest BCUT2D eigenvalue weighted by molar-refractivity contribution is 0.0730. The number of hydrogen-bond acceptors (Lipinski definition) is 7. The number of aromatic nitrogens is 4. The summed E-state index contributed by atoms with van der Waals surface area (Å²) in [5.74, 6) is 0.620. The van der Waals surface area contributed by atoms with Gasteiger partial charge in [-0.2, -0.15) is 4.31 Å². The van der Waals surface area contributed by atoms with Crippen LogP contribution in [-0.4, -0.2) is 59.2 Å². The van der Waals surface area contributed by atoms with Gasteiger partial charge in [0.2, 0.25) is 15.2 Å². The molecule has 1 aliphatic rings. The van der Waals surface area contributed by atoms with Crippen molar-refractivity contribution in [3.63, 3.8) is 0 Å². The second kappa shape index (κ2) is 8.36. The molecule has 11 heteroatoms. The number of sulfonamides is 1. The lowest BCUT2D eigenvalue weighted by Gasteiger charge is -2.26. The predicted molar refractivity (Wildman–Crippen MR) is 120 cm³/mol. The first-order valence-corrected chi connectivity index (χ1v) is 12.4. The van der Waals surface area contributed by atoms with Crippen molar-refractivity contribution >= 4 is 55.5 Å². The molecule has 1 aliphatic heterocycles. The molecule has 0 amide bonds. The van der Waals surface area contributed by atoms with Crippen LogP contribution in [0.4, 0.5) is 0 Å². The Morgan fingerprint density at radius 1 is 1.13 bits per heavy atom. The zero-order valence-electron chi connectivity index (χ0n) is 16.3. The van der Waals surface area contributed by atoms with E-state index in [9.17, 15) is 8.42 Å². The molecule has 2 aromatic heterocycles. The minimum Gasteiger partial charge on any atom is -0.379 e. The van der Waals surface area contributed by atoms with Crippen molar-refractivity contribution < 1.29 is 13.2 Å². The van der Waals surface area contributed by atoms with Gasteiger partial charge in [0, 0.05) is 34.8 Å². The highest BCUT2D eigenvalue weighted by atomic mass is 35.5. The van der Waals surface area contributed by atoms with Crippen molar-refractivity contribution in [2.24, 2.45) is 0 Å². The van der Waals surface area contributed by atoms with Gasteiger partial charge >= 0.3 is 0 Å². The van der Waals surface area contributed by atoms with Crippen molar-refractivity contribution in [1.29, 1.82) is 0 Å². The lowest BCUT2D eigenvalue weighted by atomic mass is 10.2. The lowest BCUT2D eigenvalue weighted by Crippen LogP contribution is -2.40. The van der Waals surface area contributed by atoms with Gasteiger partial charge in [0.25, 0.3) is 0 Å². The number of thioether (sulfide) groups is 1. The molecule has 5 rings (SSSR count). The Labute approximate surface area is 188 Å². The van der Waals surface area contributed by atoms with E-state index in [1.807, 2.05) is 24.3 Å². The molecule has 0 aliphatic carbocycles. The van der Waals surface area contributed by atoms with Crippen LogP contribution < -0.4 is 0 Å². The summed E-state index contributed by atoms with van der Waals surface area (Å²) in [6.45, 7) is 1.50. The first-order valence-electron chi connectivity index (χ1n) is 9.62. The van der Waals surface area contributed by atoms with Crippen LogP contribution in [-0.2, 0) is 20.5 Å². The Kier molecular flexibility index (Phi) is 5.57. The number of ether oxygens (including phenoxy) is 1. The Hall–Kier alpha value is -2.24. The van der Waals surface area contributed by atoms with Crippen LogP contribution in [0.25, 0.3) is 22.1 Å². The van der Waals surface area contributed by atoms with Gasteiger partial charge in [-0.15, -0.1) is 10.2 Å². The number of rotatable bonds is 5. The number of benzene rings is 2. The first-order chi connectivity index (χ1) is 15.0. The summed E-state index contributed by atoms with van der Waals surface area (Å²) in [4.78, 5) is 7.98. The van der Waals surface area contributed by atoms with E-state index in [-0.39, 0.29) is 4.90 Å². The van der Waals surface area contributed by atoms with E-state index in [1.54, 1.807) is 18.2 Å². The van der Waals surface area contributed by atoms with E-state index in [2.05, 4.69) is 20.2 Å². The molecule has 0 bridgehead atoms. The van der Waals surface area contributed by atoms with Gasteiger partial charge in [0.1, 0.15) is 5.52 Å². The number of H-pyrrole nitrogens is 1. The molecule has 0 spiro atoms. The highest BCUT2D eigenvalue weighted by Crippen LogP contribution is 2.29. The number of nitrogens with one attached hydrogen (secondary N) is 1. The fourth-order valence-corrected chi connectivity index (χ4v) is 5.96. The van der Waals surface area contributed by atoms with E-state index in [1.165, 1.54) is 16.1 Å². The van der Waals surface area contributed by atoms with Gasteiger partial charge < -0.3 is 9.72 Å². The highest BCUT2D eigenvalue weighted by Gasteiger charge is 2.27. The molecule has 0 saturated carbocycles. The van der Waals surface area contributed by atoms with Gasteiger partial charge in [-0.25, -0.2) is 13.4 Å². The van der Waals surface area contributed by atoms with Gasteiger partial charge in [-0.05, 0) is 29.8 Å². The maximum atomic E-state index is 13.0. The van der Waals surface area contributed by atoms with E-state index >= 15 is 0 Å². The van der Waals surface area contributed by atoms with Crippen LogP contribution in [0.2, 0.25) is 5.02 Å². The molecule has 4 aromatic rings. The summed E-state index contributed by atoms with van der Waals surface area (Å²) < 4.78 is 32.7. The Balaban J connectivity index is 1.45. The summed E-state index contributed by atoms with van der Waals surface area (Å²) in [7, 11) is -3.60. The third-order valence-electron chi connectivity index (χ3n) is 5.09. The third kappa shape index (κ3) is 4.01. The van der Waals surface area contributed by atoms with E-state index in [0.717, 1.165) is 11.1 Å². The minimum absolute atomic E-state index is 0.224. The minimum atomic E-state index is -3.60. The second-order valence-electron chi connectivity index (χ2n) is 7.02. The number of fused-ring (bicyclic) bond motifs is 3. The maximum Gasteiger partial charge on any atom is 0.243 e. The molecule has 0 unspecified atom stereocenters. The van der Waals surface area contributed by atoms with Crippen LogP contribution >= 0.6 is 23.4 Å². The molecule has 2 aromatic carbocycles. The number of nitrogens with zero attached hydrogens (tertiary/aromatic N) is 4. The quantitative estimate of drug-likeness (QED) is 0.441. The topological polar surface area (TPSA) is 101 Å². The van der Waals surface area contributed by atoms with Crippen LogP contribution in [0.1, 0.15) is 5.56 Å². The molecule has 3 heterocycles. The fourth-order valence-electron chi connectivity index (χ4n) is 3.45. The zero-order chi connectivity index (χ0) is 21.4. The Bertz CT molecular complexity index is 1370. The molecular weight excluding hydrogens is 458 g/mol. The molecule has 1 N–H and O–H groups in total. The monoisotopic (exact) mass is 475 g/mol. The van der Waals surface area contributed by atoms with Crippen LogP contribution in [0.15, 0.2) is 52.5 Å². The van der Waals surface area contributed by atoms with Gasteiger partial charge in [-0.3, -0.25) is 0 Å². The normalized spacial score (nSPS) is 15.6. The summed E-state index contributed by atoms with van der Waals surface area (Å²) >= 11 is 7.65. The number of aromatic amines is 1. The number of halogens is 1. The predicted octanol–water partition coefficient (Wildman–Crippen LogP) is 3.47. The highest BCUT2D eigenvalue weighted by molar-refractivity contribution is 7.98. The van der Waals surface area contributed by atoms with Gasteiger partial charge in [0.15, 0.2) is 5.65 Å². The molecule has 0 radical (unpaired) electrons. The largest absolute Gasteiger partial charge is 0.379 e. The van der Waals surface area contributed by atoms with Crippen molar-refractivity contribution in [3.8, 4) is 0 Å².